The van der Waals surface area contributed by atoms with Crippen LogP contribution in [0.4, 0.5) is 0 Å². The average Bonchev–Trinajstić information content (AvgIpc) is 3.15. The van der Waals surface area contributed by atoms with Crippen molar-refractivity contribution >= 4 is 27.3 Å². The molecule has 1 N–H and O–H groups in total. The van der Waals surface area contributed by atoms with Crippen molar-refractivity contribution in [3.8, 4) is 0 Å². The van der Waals surface area contributed by atoms with E-state index in [0.29, 0.717) is 0 Å². The van der Waals surface area contributed by atoms with E-state index < -0.39 is 0 Å². The second kappa shape index (κ2) is 6.04. The van der Waals surface area contributed by atoms with Crippen molar-refractivity contribution < 1.29 is 0 Å². The van der Waals surface area contributed by atoms with Gasteiger partial charge in [0.25, 0.3) is 0 Å². The first-order chi connectivity index (χ1) is 8.81. The summed E-state index contributed by atoms with van der Waals surface area (Å²) in [5.41, 5.74) is 1.48. The first kappa shape index (κ1) is 13.1. The van der Waals surface area contributed by atoms with Gasteiger partial charge in [-0.2, -0.15) is 0 Å². The number of nitrogens with zero attached hydrogens (tertiary/aromatic N) is 1. The Morgan fingerprint density at radius 2 is 2.06 bits per heavy atom. The van der Waals surface area contributed by atoms with Gasteiger partial charge in [0.15, 0.2) is 0 Å². The lowest BCUT2D eigenvalue weighted by Crippen LogP contribution is -2.36. The molecule has 0 aromatic carbocycles. The van der Waals surface area contributed by atoms with Gasteiger partial charge in [0.2, 0.25) is 0 Å². The zero-order valence-electron chi connectivity index (χ0n) is 10.7. The van der Waals surface area contributed by atoms with Gasteiger partial charge in [0.05, 0.1) is 3.79 Å². The predicted octanol–water partition coefficient (Wildman–Crippen LogP) is 3.47. The summed E-state index contributed by atoms with van der Waals surface area (Å²) in [5.74, 6) is 0.911. The van der Waals surface area contributed by atoms with Crippen LogP contribution in [-0.4, -0.2) is 30.6 Å². The molecule has 2 fully saturated rings. The van der Waals surface area contributed by atoms with Crippen LogP contribution >= 0.6 is 27.3 Å². The summed E-state index contributed by atoms with van der Waals surface area (Å²) in [5, 5.41) is 5.76. The molecule has 1 aromatic heterocycles. The highest BCUT2D eigenvalue weighted by Gasteiger charge is 2.30. The highest BCUT2D eigenvalue weighted by molar-refractivity contribution is 9.11. The Bertz CT molecular complexity index is 383. The third-order valence-corrected chi connectivity index (χ3v) is 5.58. The number of hydrogen-bond donors (Lipinski definition) is 1. The fourth-order valence-corrected chi connectivity index (χ4v) is 4.04. The summed E-state index contributed by atoms with van der Waals surface area (Å²) in [6.45, 7) is 4.89. The smallest absolute Gasteiger partial charge is 0.0701 e. The highest BCUT2D eigenvalue weighted by atomic mass is 79.9. The first-order valence-corrected chi connectivity index (χ1v) is 8.66. The van der Waals surface area contributed by atoms with Crippen molar-refractivity contribution in [1.29, 1.82) is 0 Å². The Labute approximate surface area is 122 Å². The predicted molar refractivity (Wildman–Crippen MR) is 81.0 cm³/mol. The molecule has 4 heteroatoms. The lowest BCUT2D eigenvalue weighted by atomic mass is 9.97. The second-order valence-corrected chi connectivity index (χ2v) is 7.90. The standard InChI is InChI=1S/C14H21BrN2S/c15-14-7-12(10-18-14)9-17(13-1-2-13)8-11-3-5-16-6-4-11/h7,10-11,13,16H,1-6,8-9H2. The van der Waals surface area contributed by atoms with Crippen LogP contribution in [0.1, 0.15) is 31.2 Å². The van der Waals surface area contributed by atoms with E-state index in [1.165, 1.54) is 54.7 Å². The van der Waals surface area contributed by atoms with E-state index in [4.69, 9.17) is 0 Å². The molecule has 18 heavy (non-hydrogen) atoms. The highest BCUT2D eigenvalue weighted by Crippen LogP contribution is 2.31. The number of thiophene rings is 1. The maximum atomic E-state index is 3.56. The minimum absolute atomic E-state index is 0.874. The summed E-state index contributed by atoms with van der Waals surface area (Å²) in [4.78, 5) is 2.73. The van der Waals surface area contributed by atoms with Crippen molar-refractivity contribution in [2.75, 3.05) is 19.6 Å². The Hall–Kier alpha value is 0.1000. The fourth-order valence-electron chi connectivity index (χ4n) is 2.84. The van der Waals surface area contributed by atoms with Crippen LogP contribution in [0.25, 0.3) is 0 Å². The summed E-state index contributed by atoms with van der Waals surface area (Å²) in [7, 11) is 0. The average molecular weight is 329 g/mol. The Kier molecular flexibility index (Phi) is 4.39. The maximum absolute atomic E-state index is 3.56. The Morgan fingerprint density at radius 3 is 2.67 bits per heavy atom. The normalized spacial score (nSPS) is 21.7. The van der Waals surface area contributed by atoms with E-state index in [0.717, 1.165) is 18.5 Å². The molecule has 0 bridgehead atoms. The number of halogens is 1. The Balaban J connectivity index is 1.57. The Morgan fingerprint density at radius 1 is 1.28 bits per heavy atom. The molecule has 1 aromatic rings. The summed E-state index contributed by atoms with van der Waals surface area (Å²) >= 11 is 5.37. The van der Waals surface area contributed by atoms with Gasteiger partial charge in [-0.3, -0.25) is 4.90 Å². The molecule has 1 saturated heterocycles. The van der Waals surface area contributed by atoms with E-state index in [1.54, 1.807) is 11.3 Å². The van der Waals surface area contributed by atoms with Gasteiger partial charge in [-0.1, -0.05) is 0 Å². The lowest BCUT2D eigenvalue weighted by Gasteiger charge is -2.30. The van der Waals surface area contributed by atoms with Gasteiger partial charge < -0.3 is 5.32 Å². The van der Waals surface area contributed by atoms with Crippen molar-refractivity contribution in [3.63, 3.8) is 0 Å². The van der Waals surface area contributed by atoms with Gasteiger partial charge in [-0.25, -0.2) is 0 Å². The molecular weight excluding hydrogens is 308 g/mol. The van der Waals surface area contributed by atoms with Gasteiger partial charge >= 0.3 is 0 Å². The lowest BCUT2D eigenvalue weighted by molar-refractivity contribution is 0.190. The number of rotatable bonds is 5. The van der Waals surface area contributed by atoms with Crippen LogP contribution < -0.4 is 5.32 Å². The number of piperidine rings is 1. The molecule has 1 aliphatic heterocycles. The molecule has 2 nitrogen and oxygen atoms in total. The SMILES string of the molecule is Brc1cc(CN(CC2CCNCC2)C2CC2)cs1. The van der Waals surface area contributed by atoms with Crippen LogP contribution in [-0.2, 0) is 6.54 Å². The van der Waals surface area contributed by atoms with Gasteiger partial charge in [0, 0.05) is 19.1 Å². The molecule has 1 aliphatic carbocycles. The van der Waals surface area contributed by atoms with E-state index in [2.05, 4.69) is 37.6 Å². The van der Waals surface area contributed by atoms with Crippen LogP contribution in [0.5, 0.6) is 0 Å². The number of hydrogen-bond acceptors (Lipinski definition) is 3. The minimum Gasteiger partial charge on any atom is -0.317 e. The monoisotopic (exact) mass is 328 g/mol. The maximum Gasteiger partial charge on any atom is 0.0701 e. The van der Waals surface area contributed by atoms with Gasteiger partial charge in [-0.05, 0) is 77.6 Å². The molecule has 0 radical (unpaired) electrons. The molecule has 2 heterocycles. The van der Waals surface area contributed by atoms with E-state index in [1.807, 2.05) is 0 Å². The summed E-state index contributed by atoms with van der Waals surface area (Å²) < 4.78 is 1.26. The van der Waals surface area contributed by atoms with Crippen LogP contribution in [0.3, 0.4) is 0 Å². The van der Waals surface area contributed by atoms with E-state index >= 15 is 0 Å². The van der Waals surface area contributed by atoms with Crippen LogP contribution in [0.15, 0.2) is 15.2 Å². The van der Waals surface area contributed by atoms with Crippen molar-refractivity contribution in [3.05, 3.63) is 20.8 Å². The third-order valence-electron chi connectivity index (χ3n) is 4.02. The molecule has 0 unspecified atom stereocenters. The molecule has 0 atom stereocenters. The second-order valence-electron chi connectivity index (χ2n) is 5.61. The first-order valence-electron chi connectivity index (χ1n) is 6.99. The number of nitrogens with one attached hydrogen (secondary N) is 1. The summed E-state index contributed by atoms with van der Waals surface area (Å²) in [6.07, 6.45) is 5.54. The molecular formula is C14H21BrN2S. The third kappa shape index (κ3) is 3.56. The quantitative estimate of drug-likeness (QED) is 0.890. The van der Waals surface area contributed by atoms with E-state index in [-0.39, 0.29) is 0 Å². The zero-order chi connectivity index (χ0) is 12.4. The van der Waals surface area contributed by atoms with E-state index in [9.17, 15) is 0 Å². The molecule has 3 rings (SSSR count). The molecule has 100 valence electrons. The van der Waals surface area contributed by atoms with Crippen molar-refractivity contribution in [2.45, 2.75) is 38.3 Å². The zero-order valence-corrected chi connectivity index (χ0v) is 13.1. The topological polar surface area (TPSA) is 15.3 Å². The van der Waals surface area contributed by atoms with Crippen LogP contribution in [0, 0.1) is 5.92 Å². The van der Waals surface area contributed by atoms with Crippen molar-refractivity contribution in [2.24, 2.45) is 5.92 Å². The molecule has 0 amide bonds. The van der Waals surface area contributed by atoms with Gasteiger partial charge in [0.1, 0.15) is 0 Å². The summed E-state index contributed by atoms with van der Waals surface area (Å²) in [6, 6.07) is 3.15. The molecule has 1 saturated carbocycles. The minimum atomic E-state index is 0.874. The molecule has 2 aliphatic rings. The molecule has 0 spiro atoms. The van der Waals surface area contributed by atoms with Crippen LogP contribution in [0.2, 0.25) is 0 Å². The largest absolute Gasteiger partial charge is 0.317 e. The van der Waals surface area contributed by atoms with Gasteiger partial charge in [-0.15, -0.1) is 11.3 Å². The van der Waals surface area contributed by atoms with Crippen molar-refractivity contribution in [1.82, 2.24) is 10.2 Å². The fraction of sp³-hybridized carbons (Fsp3) is 0.714.